The highest BCUT2D eigenvalue weighted by molar-refractivity contribution is 6.22. The second-order valence-electron chi connectivity index (χ2n) is 10.4. The number of allylic oxidation sites excluding steroid dienone is 3. The lowest BCUT2D eigenvalue weighted by Gasteiger charge is -2.22. The van der Waals surface area contributed by atoms with Crippen LogP contribution in [-0.4, -0.2) is 15.3 Å². The summed E-state index contributed by atoms with van der Waals surface area (Å²) in [4.78, 5) is 5.00. The molecular formula is C30H35N3. The third kappa shape index (κ3) is 4.21. The lowest BCUT2D eigenvalue weighted by atomic mass is 9.89. The van der Waals surface area contributed by atoms with Crippen LogP contribution in [0.15, 0.2) is 54.4 Å². The van der Waals surface area contributed by atoms with Crippen LogP contribution < -0.4 is 0 Å². The van der Waals surface area contributed by atoms with Crippen LogP contribution in [0, 0.1) is 11.3 Å². The first-order chi connectivity index (χ1) is 15.9. The molecule has 0 spiro atoms. The molecule has 3 heteroatoms. The molecule has 1 aromatic carbocycles. The van der Waals surface area contributed by atoms with Gasteiger partial charge in [-0.15, -0.1) is 0 Å². The molecule has 3 aromatic rings. The Kier molecular flexibility index (Phi) is 5.82. The molecule has 0 unspecified atom stereocenters. The molecule has 0 atom stereocenters. The van der Waals surface area contributed by atoms with Crippen LogP contribution in [0.4, 0.5) is 0 Å². The van der Waals surface area contributed by atoms with E-state index < -0.39 is 0 Å². The molecule has 1 N–H and O–H groups in total. The van der Waals surface area contributed by atoms with Crippen molar-refractivity contribution in [3.63, 3.8) is 0 Å². The fourth-order valence-corrected chi connectivity index (χ4v) is 5.92. The fraction of sp³-hybridized carbons (Fsp3) is 0.400. The highest BCUT2D eigenvalue weighted by atomic mass is 15.0. The van der Waals surface area contributed by atoms with Crippen molar-refractivity contribution in [3.8, 4) is 11.1 Å². The van der Waals surface area contributed by atoms with Gasteiger partial charge < -0.3 is 9.98 Å². The fourth-order valence-electron chi connectivity index (χ4n) is 5.92. The van der Waals surface area contributed by atoms with E-state index in [0.29, 0.717) is 5.71 Å². The minimum atomic E-state index is 0.598. The summed E-state index contributed by atoms with van der Waals surface area (Å²) >= 11 is 0. The van der Waals surface area contributed by atoms with E-state index in [2.05, 4.69) is 55.5 Å². The lowest BCUT2D eigenvalue weighted by molar-refractivity contribution is 0.322. The summed E-state index contributed by atoms with van der Waals surface area (Å²) in [7, 11) is 0. The van der Waals surface area contributed by atoms with Crippen LogP contribution in [0.5, 0.6) is 0 Å². The molecule has 3 nitrogen and oxygen atoms in total. The topological polar surface area (TPSA) is 41.7 Å². The van der Waals surface area contributed by atoms with Gasteiger partial charge in [-0.25, -0.2) is 0 Å². The molecule has 170 valence electrons. The number of nitrogens with one attached hydrogen (secondary N) is 1. The van der Waals surface area contributed by atoms with Crippen LogP contribution in [0.2, 0.25) is 0 Å². The average molecular weight is 438 g/mol. The number of hydrogen-bond donors (Lipinski definition) is 1. The Bertz CT molecular complexity index is 1280. The van der Waals surface area contributed by atoms with Crippen molar-refractivity contribution >= 4 is 22.3 Å². The predicted octanol–water partition coefficient (Wildman–Crippen LogP) is 7.77. The Hall–Kier alpha value is -2.94. The van der Waals surface area contributed by atoms with Gasteiger partial charge in [-0.2, -0.15) is 0 Å². The summed E-state index contributed by atoms with van der Waals surface area (Å²) in [5, 5.41) is 8.31. The first-order valence-electron chi connectivity index (χ1n) is 12.4. The monoisotopic (exact) mass is 437 g/mol. The summed E-state index contributed by atoms with van der Waals surface area (Å²) in [5.74, 6) is 0.738. The van der Waals surface area contributed by atoms with Crippen LogP contribution in [0.3, 0.4) is 0 Å². The Balaban J connectivity index is 1.64. The third-order valence-corrected chi connectivity index (χ3v) is 7.46. The van der Waals surface area contributed by atoms with Gasteiger partial charge in [0, 0.05) is 41.4 Å². The van der Waals surface area contributed by atoms with E-state index in [9.17, 15) is 0 Å². The zero-order valence-corrected chi connectivity index (χ0v) is 20.3. The summed E-state index contributed by atoms with van der Waals surface area (Å²) in [6.07, 6.45) is 13.0. The molecule has 0 radical (unpaired) electrons. The minimum Gasteiger partial charge on any atom is -0.345 e. The maximum atomic E-state index is 8.31. The summed E-state index contributed by atoms with van der Waals surface area (Å²) in [6, 6.07) is 9.16. The van der Waals surface area contributed by atoms with Gasteiger partial charge in [0.15, 0.2) is 0 Å². The first kappa shape index (κ1) is 21.9. The lowest BCUT2D eigenvalue weighted by Crippen LogP contribution is -2.13. The van der Waals surface area contributed by atoms with E-state index in [4.69, 9.17) is 10.4 Å². The van der Waals surface area contributed by atoms with Gasteiger partial charge in [-0.05, 0) is 75.1 Å². The molecule has 2 aromatic heterocycles. The molecule has 1 saturated carbocycles. The summed E-state index contributed by atoms with van der Waals surface area (Å²) in [5.41, 5.74) is 12.7. The molecule has 33 heavy (non-hydrogen) atoms. The summed E-state index contributed by atoms with van der Waals surface area (Å²) in [6.45, 7) is 11.3. The second-order valence-corrected chi connectivity index (χ2v) is 10.4. The van der Waals surface area contributed by atoms with Crippen LogP contribution in [-0.2, 0) is 19.4 Å². The molecule has 0 aliphatic heterocycles. The standard InChI is InChI=1S/C30H35N3/c1-19(2)29(21(4)31)26-15-28-30(32-16-26)27(18-33(28)17-22-8-6-5-7-9-22)24-11-10-23-12-20(3)13-25(23)14-24/h10-11,14-16,18,22,31H,3,5-9,12-13,17H2,1-2,4H3. The van der Waals surface area contributed by atoms with E-state index in [1.807, 2.05) is 13.1 Å². The molecule has 2 aliphatic rings. The quantitative estimate of drug-likeness (QED) is 0.321. The maximum Gasteiger partial charge on any atom is 0.0959 e. The second kappa shape index (κ2) is 8.78. The van der Waals surface area contributed by atoms with Gasteiger partial charge in [-0.3, -0.25) is 4.98 Å². The van der Waals surface area contributed by atoms with Crippen molar-refractivity contribution in [3.05, 3.63) is 71.1 Å². The van der Waals surface area contributed by atoms with Crippen LogP contribution in [0.1, 0.15) is 69.6 Å². The molecule has 0 bridgehead atoms. The maximum absolute atomic E-state index is 8.31. The predicted molar refractivity (Wildman–Crippen MR) is 140 cm³/mol. The van der Waals surface area contributed by atoms with Gasteiger partial charge >= 0.3 is 0 Å². The molecular weight excluding hydrogens is 402 g/mol. The smallest absolute Gasteiger partial charge is 0.0959 e. The normalized spacial score (nSPS) is 16.3. The van der Waals surface area contributed by atoms with Gasteiger partial charge in [0.1, 0.15) is 0 Å². The number of hydrogen-bond acceptors (Lipinski definition) is 2. The van der Waals surface area contributed by atoms with Gasteiger partial charge in [0.05, 0.1) is 11.0 Å². The largest absolute Gasteiger partial charge is 0.345 e. The van der Waals surface area contributed by atoms with Crippen molar-refractivity contribution in [1.82, 2.24) is 9.55 Å². The Morgan fingerprint density at radius 1 is 1.06 bits per heavy atom. The molecule has 5 rings (SSSR count). The number of aromatic nitrogens is 2. The van der Waals surface area contributed by atoms with Crippen LogP contribution in [0.25, 0.3) is 27.7 Å². The Morgan fingerprint density at radius 3 is 2.55 bits per heavy atom. The highest BCUT2D eigenvalue weighted by Crippen LogP contribution is 2.36. The SMILES string of the molecule is C=C1Cc2ccc(-c3cn(CC4CCCCC4)c4cc(C(C(C)=N)=C(C)C)cnc34)cc2C1. The van der Waals surface area contributed by atoms with Crippen molar-refractivity contribution in [2.75, 3.05) is 0 Å². The van der Waals surface area contributed by atoms with Gasteiger partial charge in [-0.1, -0.05) is 55.2 Å². The molecule has 0 amide bonds. The Morgan fingerprint density at radius 2 is 1.82 bits per heavy atom. The van der Waals surface area contributed by atoms with Crippen molar-refractivity contribution in [1.29, 1.82) is 5.41 Å². The average Bonchev–Trinajstić information content (AvgIpc) is 3.33. The van der Waals surface area contributed by atoms with E-state index >= 15 is 0 Å². The number of benzene rings is 1. The van der Waals surface area contributed by atoms with Gasteiger partial charge in [0.25, 0.3) is 0 Å². The molecule has 1 fully saturated rings. The van der Waals surface area contributed by atoms with Crippen molar-refractivity contribution in [2.45, 2.75) is 72.3 Å². The van der Waals surface area contributed by atoms with Crippen molar-refractivity contribution < 1.29 is 0 Å². The van der Waals surface area contributed by atoms with E-state index in [0.717, 1.165) is 47.5 Å². The van der Waals surface area contributed by atoms with Gasteiger partial charge in [0.2, 0.25) is 0 Å². The van der Waals surface area contributed by atoms with E-state index in [-0.39, 0.29) is 0 Å². The first-order valence-corrected chi connectivity index (χ1v) is 12.4. The number of rotatable bonds is 5. The summed E-state index contributed by atoms with van der Waals surface area (Å²) < 4.78 is 2.45. The minimum absolute atomic E-state index is 0.598. The van der Waals surface area contributed by atoms with Crippen molar-refractivity contribution in [2.24, 2.45) is 5.92 Å². The van der Waals surface area contributed by atoms with E-state index in [1.165, 1.54) is 65.4 Å². The highest BCUT2D eigenvalue weighted by Gasteiger charge is 2.21. The number of pyridine rings is 1. The molecule has 2 aliphatic carbocycles. The molecule has 0 saturated heterocycles. The number of nitrogens with zero attached hydrogens (tertiary/aromatic N) is 2. The van der Waals surface area contributed by atoms with Crippen LogP contribution >= 0.6 is 0 Å². The zero-order valence-electron chi connectivity index (χ0n) is 20.3. The zero-order chi connectivity index (χ0) is 23.1. The number of fused-ring (bicyclic) bond motifs is 2. The van der Waals surface area contributed by atoms with E-state index in [1.54, 1.807) is 0 Å². The molecule has 2 heterocycles. The Labute approximate surface area is 197 Å². The third-order valence-electron chi connectivity index (χ3n) is 7.46.